The van der Waals surface area contributed by atoms with Crippen molar-refractivity contribution in [3.05, 3.63) is 70.0 Å². The topological polar surface area (TPSA) is 63.9 Å². The summed E-state index contributed by atoms with van der Waals surface area (Å²) in [6, 6.07) is 15.7. The minimum absolute atomic E-state index is 0.122. The van der Waals surface area contributed by atoms with Gasteiger partial charge in [-0.15, -0.1) is 15.0 Å². The van der Waals surface area contributed by atoms with Crippen molar-refractivity contribution in [2.24, 2.45) is 0 Å². The summed E-state index contributed by atoms with van der Waals surface area (Å²) in [4.78, 5) is 15.8. The lowest BCUT2D eigenvalue weighted by atomic mass is 10.00. The van der Waals surface area contributed by atoms with E-state index < -0.39 is 0 Å². The fourth-order valence-corrected chi connectivity index (χ4v) is 3.06. The number of carbonyl (C=O) groups excluding carboxylic acids is 1. The summed E-state index contributed by atoms with van der Waals surface area (Å²) in [6.07, 6.45) is 0.850. The Morgan fingerprint density at radius 2 is 1.79 bits per heavy atom. The number of fused-ring (bicyclic) bond motifs is 1. The van der Waals surface area contributed by atoms with Crippen molar-refractivity contribution in [1.82, 2.24) is 25.1 Å². The monoisotopic (exact) mass is 383 g/mol. The van der Waals surface area contributed by atoms with E-state index in [9.17, 15) is 4.79 Å². The maximum absolute atomic E-state index is 12.6. The van der Waals surface area contributed by atoms with Crippen LogP contribution in [0, 0.1) is 0 Å². The van der Waals surface area contributed by atoms with E-state index in [1.54, 1.807) is 4.90 Å². The zero-order valence-corrected chi connectivity index (χ0v) is 14.3. The van der Waals surface area contributed by atoms with E-state index in [0.717, 1.165) is 16.6 Å². The first kappa shape index (κ1) is 15.0. The second-order valence-electron chi connectivity index (χ2n) is 5.62. The van der Waals surface area contributed by atoms with Gasteiger partial charge in [-0.1, -0.05) is 40.2 Å². The predicted molar refractivity (Wildman–Crippen MR) is 91.7 cm³/mol. The average molecular weight is 384 g/mol. The molecule has 2 heterocycles. The van der Waals surface area contributed by atoms with E-state index in [4.69, 9.17) is 0 Å². The van der Waals surface area contributed by atoms with Crippen LogP contribution in [0.2, 0.25) is 0 Å². The van der Waals surface area contributed by atoms with Crippen molar-refractivity contribution in [2.45, 2.75) is 13.0 Å². The third-order valence-electron chi connectivity index (χ3n) is 4.08. The van der Waals surface area contributed by atoms with Gasteiger partial charge < -0.3 is 4.90 Å². The van der Waals surface area contributed by atoms with Gasteiger partial charge in [-0.3, -0.25) is 4.79 Å². The van der Waals surface area contributed by atoms with E-state index >= 15 is 0 Å². The molecule has 0 N–H and O–H groups in total. The average Bonchev–Trinajstić information content (AvgIpc) is 3.11. The molecule has 0 unspecified atom stereocenters. The van der Waals surface area contributed by atoms with Crippen molar-refractivity contribution in [2.75, 3.05) is 6.54 Å². The highest BCUT2D eigenvalue weighted by atomic mass is 79.9. The first-order chi connectivity index (χ1) is 11.7. The lowest BCUT2D eigenvalue weighted by Gasteiger charge is -2.27. The van der Waals surface area contributed by atoms with Crippen molar-refractivity contribution in [1.29, 1.82) is 0 Å². The SMILES string of the molecule is O=C(c1nnn(-c2ccc(Br)cc2)n1)N1CCc2ccccc2C1. The van der Waals surface area contributed by atoms with E-state index in [1.807, 2.05) is 36.4 Å². The first-order valence-electron chi connectivity index (χ1n) is 7.63. The van der Waals surface area contributed by atoms with Crippen LogP contribution in [-0.2, 0) is 13.0 Å². The first-order valence-corrected chi connectivity index (χ1v) is 8.42. The number of benzene rings is 2. The second kappa shape index (κ2) is 6.16. The van der Waals surface area contributed by atoms with Crippen molar-refractivity contribution in [3.63, 3.8) is 0 Å². The molecule has 4 rings (SSSR count). The van der Waals surface area contributed by atoms with Gasteiger partial charge in [-0.2, -0.15) is 0 Å². The highest BCUT2D eigenvalue weighted by Crippen LogP contribution is 2.19. The Hall–Kier alpha value is -2.54. The van der Waals surface area contributed by atoms with Crippen molar-refractivity contribution < 1.29 is 4.79 Å². The number of carbonyl (C=O) groups is 1. The molecular weight excluding hydrogens is 370 g/mol. The fraction of sp³-hybridized carbons (Fsp3) is 0.176. The minimum atomic E-state index is -0.187. The number of aromatic nitrogens is 4. The molecule has 0 bridgehead atoms. The molecule has 120 valence electrons. The Balaban J connectivity index is 1.55. The number of hydrogen-bond donors (Lipinski definition) is 0. The number of halogens is 1. The fourth-order valence-electron chi connectivity index (χ4n) is 2.79. The molecule has 1 aliphatic rings. The Morgan fingerprint density at radius 1 is 1.04 bits per heavy atom. The lowest BCUT2D eigenvalue weighted by molar-refractivity contribution is 0.0722. The van der Waals surface area contributed by atoms with Gasteiger partial charge in [0.05, 0.1) is 5.69 Å². The second-order valence-corrected chi connectivity index (χ2v) is 6.54. The Labute approximate surface area is 147 Å². The highest BCUT2D eigenvalue weighted by molar-refractivity contribution is 9.10. The molecule has 0 fully saturated rings. The van der Waals surface area contributed by atoms with Crippen LogP contribution in [0.3, 0.4) is 0 Å². The quantitative estimate of drug-likeness (QED) is 0.682. The molecule has 0 spiro atoms. The number of tetrazole rings is 1. The van der Waals surface area contributed by atoms with Gasteiger partial charge in [0.1, 0.15) is 0 Å². The maximum Gasteiger partial charge on any atom is 0.295 e. The molecule has 0 radical (unpaired) electrons. The van der Waals surface area contributed by atoms with Crippen LogP contribution < -0.4 is 0 Å². The largest absolute Gasteiger partial charge is 0.331 e. The normalized spacial score (nSPS) is 13.6. The van der Waals surface area contributed by atoms with Gasteiger partial charge in [0.15, 0.2) is 0 Å². The summed E-state index contributed by atoms with van der Waals surface area (Å²) in [5.74, 6) is -0.0647. The maximum atomic E-state index is 12.6. The molecular formula is C17H14BrN5O. The smallest absolute Gasteiger partial charge is 0.295 e. The van der Waals surface area contributed by atoms with E-state index in [0.29, 0.717) is 13.1 Å². The Morgan fingerprint density at radius 3 is 2.58 bits per heavy atom. The number of rotatable bonds is 2. The van der Waals surface area contributed by atoms with Crippen molar-refractivity contribution in [3.8, 4) is 5.69 Å². The van der Waals surface area contributed by atoms with E-state index in [2.05, 4.69) is 43.5 Å². The summed E-state index contributed by atoms with van der Waals surface area (Å²) in [5, 5.41) is 12.1. The van der Waals surface area contributed by atoms with Crippen LogP contribution >= 0.6 is 15.9 Å². The molecule has 1 aromatic heterocycles. The molecule has 0 atom stereocenters. The number of nitrogens with zero attached hydrogens (tertiary/aromatic N) is 5. The van der Waals surface area contributed by atoms with Crippen LogP contribution in [0.15, 0.2) is 53.0 Å². The molecule has 1 amide bonds. The third-order valence-corrected chi connectivity index (χ3v) is 4.61. The van der Waals surface area contributed by atoms with Gasteiger partial charge >= 0.3 is 0 Å². The molecule has 7 heteroatoms. The molecule has 0 saturated heterocycles. The number of amides is 1. The zero-order valence-electron chi connectivity index (χ0n) is 12.8. The molecule has 3 aromatic rings. The van der Waals surface area contributed by atoms with Crippen LogP contribution in [0.4, 0.5) is 0 Å². The summed E-state index contributed by atoms with van der Waals surface area (Å²) in [7, 11) is 0. The van der Waals surface area contributed by atoms with Crippen LogP contribution in [0.25, 0.3) is 5.69 Å². The van der Waals surface area contributed by atoms with Gasteiger partial charge in [-0.05, 0) is 47.0 Å². The van der Waals surface area contributed by atoms with Gasteiger partial charge in [0, 0.05) is 17.6 Å². The third kappa shape index (κ3) is 2.82. The Bertz CT molecular complexity index is 890. The van der Waals surface area contributed by atoms with Crippen LogP contribution in [-0.4, -0.2) is 37.6 Å². The summed E-state index contributed by atoms with van der Waals surface area (Å²) in [6.45, 7) is 1.25. The summed E-state index contributed by atoms with van der Waals surface area (Å²) >= 11 is 3.39. The van der Waals surface area contributed by atoms with Gasteiger partial charge in [0.2, 0.25) is 0 Å². The number of hydrogen-bond acceptors (Lipinski definition) is 4. The van der Waals surface area contributed by atoms with Gasteiger partial charge in [0.25, 0.3) is 11.7 Å². The van der Waals surface area contributed by atoms with Crippen LogP contribution in [0.5, 0.6) is 0 Å². The molecule has 0 aliphatic carbocycles. The Kier molecular flexibility index (Phi) is 3.86. The van der Waals surface area contributed by atoms with Gasteiger partial charge in [-0.25, -0.2) is 0 Å². The molecule has 2 aromatic carbocycles. The molecule has 1 aliphatic heterocycles. The lowest BCUT2D eigenvalue weighted by Crippen LogP contribution is -2.36. The highest BCUT2D eigenvalue weighted by Gasteiger charge is 2.25. The van der Waals surface area contributed by atoms with E-state index in [-0.39, 0.29) is 11.7 Å². The van der Waals surface area contributed by atoms with Crippen LogP contribution in [0.1, 0.15) is 21.7 Å². The molecule has 0 saturated carbocycles. The molecule has 24 heavy (non-hydrogen) atoms. The molecule has 6 nitrogen and oxygen atoms in total. The van der Waals surface area contributed by atoms with Crippen molar-refractivity contribution >= 4 is 21.8 Å². The van der Waals surface area contributed by atoms with E-state index in [1.165, 1.54) is 15.9 Å². The minimum Gasteiger partial charge on any atom is -0.331 e. The standard InChI is InChI=1S/C17H14BrN5O/c18-14-5-7-15(8-6-14)23-20-16(19-21-23)17(24)22-10-9-12-3-1-2-4-13(12)11-22/h1-8H,9-11H2. The zero-order chi connectivity index (χ0) is 16.5. The summed E-state index contributed by atoms with van der Waals surface area (Å²) in [5.41, 5.74) is 3.24. The predicted octanol–water partition coefficient (Wildman–Crippen LogP) is 2.62. The summed E-state index contributed by atoms with van der Waals surface area (Å²) < 4.78 is 0.967.